The van der Waals surface area contributed by atoms with Gasteiger partial charge in [-0.25, -0.2) is 4.39 Å². The molecule has 0 saturated heterocycles. The molecule has 0 bridgehead atoms. The van der Waals surface area contributed by atoms with Crippen molar-refractivity contribution in [2.24, 2.45) is 0 Å². The lowest BCUT2D eigenvalue weighted by atomic mass is 9.95. The molecule has 0 heterocycles. The van der Waals surface area contributed by atoms with E-state index in [9.17, 15) is 9.18 Å². The molecule has 20 heavy (non-hydrogen) atoms. The van der Waals surface area contributed by atoms with E-state index in [4.69, 9.17) is 9.84 Å². The first kappa shape index (κ1) is 16.4. The van der Waals surface area contributed by atoms with Crippen LogP contribution in [0.25, 0.3) is 0 Å². The summed E-state index contributed by atoms with van der Waals surface area (Å²) in [5.74, 6) is -0.994. The highest BCUT2D eigenvalue weighted by molar-refractivity contribution is 5.78. The van der Waals surface area contributed by atoms with Crippen LogP contribution in [0.2, 0.25) is 0 Å². The van der Waals surface area contributed by atoms with Crippen molar-refractivity contribution in [3.8, 4) is 5.75 Å². The summed E-state index contributed by atoms with van der Waals surface area (Å²) in [5.41, 5.74) is 0.0178. The first-order valence-corrected chi connectivity index (χ1v) is 6.70. The van der Waals surface area contributed by atoms with Crippen molar-refractivity contribution in [1.82, 2.24) is 5.32 Å². The van der Waals surface area contributed by atoms with E-state index in [1.54, 1.807) is 26.1 Å². The molecule has 112 valence electrons. The molecule has 1 rings (SSSR count). The quantitative estimate of drug-likeness (QED) is 0.720. The molecule has 0 fully saturated rings. The molecule has 4 nitrogen and oxygen atoms in total. The number of rotatable bonds is 8. The van der Waals surface area contributed by atoms with Gasteiger partial charge in [0.15, 0.2) is 11.6 Å². The molecule has 0 saturated carbocycles. The number of aryl methyl sites for hydroxylation is 1. The minimum atomic E-state index is -0.922. The van der Waals surface area contributed by atoms with Crippen LogP contribution in [0.4, 0.5) is 4.39 Å². The summed E-state index contributed by atoms with van der Waals surface area (Å²) in [6, 6.07) is 4.73. The minimum Gasteiger partial charge on any atom is -0.491 e. The van der Waals surface area contributed by atoms with Gasteiger partial charge >= 0.3 is 5.97 Å². The van der Waals surface area contributed by atoms with Crippen LogP contribution < -0.4 is 10.1 Å². The van der Waals surface area contributed by atoms with E-state index in [1.165, 1.54) is 6.07 Å². The third-order valence-electron chi connectivity index (χ3n) is 3.44. The molecular weight excluding hydrogens is 261 g/mol. The summed E-state index contributed by atoms with van der Waals surface area (Å²) in [6.07, 6.45) is 1.87. The monoisotopic (exact) mass is 283 g/mol. The second kappa shape index (κ2) is 7.24. The van der Waals surface area contributed by atoms with E-state index in [1.807, 2.05) is 6.92 Å². The fourth-order valence-corrected chi connectivity index (χ4v) is 1.82. The first-order chi connectivity index (χ1) is 9.39. The van der Waals surface area contributed by atoms with E-state index < -0.39 is 11.5 Å². The molecule has 0 aliphatic carbocycles. The highest BCUT2D eigenvalue weighted by Gasteiger charge is 2.30. The summed E-state index contributed by atoms with van der Waals surface area (Å²) >= 11 is 0. The maximum Gasteiger partial charge on any atom is 0.323 e. The maximum atomic E-state index is 13.4. The second-order valence-electron chi connectivity index (χ2n) is 5.13. The van der Waals surface area contributed by atoms with Gasteiger partial charge in [-0.2, -0.15) is 0 Å². The summed E-state index contributed by atoms with van der Waals surface area (Å²) < 4.78 is 18.8. The molecule has 0 aromatic heterocycles. The van der Waals surface area contributed by atoms with Gasteiger partial charge in [-0.1, -0.05) is 6.07 Å². The molecule has 0 aliphatic rings. The number of carbonyl (C=O) groups is 1. The van der Waals surface area contributed by atoms with Crippen molar-refractivity contribution in [3.63, 3.8) is 0 Å². The fraction of sp³-hybridized carbons (Fsp3) is 0.533. The van der Waals surface area contributed by atoms with Gasteiger partial charge in [0.25, 0.3) is 0 Å². The molecule has 0 radical (unpaired) electrons. The Bertz CT molecular complexity index is 464. The number of likely N-dealkylation sites (N-methyl/N-ethyl adjacent to an activating group) is 1. The normalized spacial score (nSPS) is 13.8. The molecule has 2 N–H and O–H groups in total. The SMILES string of the molecule is CNC(C)(CCCCOc1cc(C)ccc1F)C(=O)O. The number of unbranched alkanes of at least 4 members (excludes halogenated alkanes) is 1. The summed E-state index contributed by atoms with van der Waals surface area (Å²) in [4.78, 5) is 11.1. The standard InChI is InChI=1S/C15H22FNO3/c1-11-6-7-12(16)13(10-11)20-9-5-4-8-15(2,17-3)14(18)19/h6-7,10,17H,4-5,8-9H2,1-3H3,(H,18,19). The van der Waals surface area contributed by atoms with Crippen LogP contribution in [0.3, 0.4) is 0 Å². The lowest BCUT2D eigenvalue weighted by Crippen LogP contribution is -2.47. The van der Waals surface area contributed by atoms with Gasteiger partial charge < -0.3 is 15.2 Å². The number of aliphatic carboxylic acids is 1. The Kier molecular flexibility index (Phi) is 5.95. The number of ether oxygens (including phenoxy) is 1. The number of carboxylic acid groups (broad SMARTS) is 1. The summed E-state index contributed by atoms with van der Waals surface area (Å²) in [5, 5.41) is 11.9. The van der Waals surface area contributed by atoms with Crippen molar-refractivity contribution in [3.05, 3.63) is 29.6 Å². The van der Waals surface area contributed by atoms with Crippen molar-refractivity contribution >= 4 is 5.97 Å². The van der Waals surface area contributed by atoms with Crippen molar-refractivity contribution < 1.29 is 19.0 Å². The van der Waals surface area contributed by atoms with Gasteiger partial charge in [0.2, 0.25) is 0 Å². The van der Waals surface area contributed by atoms with Crippen molar-refractivity contribution in [1.29, 1.82) is 0 Å². The van der Waals surface area contributed by atoms with Crippen LogP contribution in [-0.4, -0.2) is 30.3 Å². The van der Waals surface area contributed by atoms with Crippen molar-refractivity contribution in [2.45, 2.75) is 38.6 Å². The Morgan fingerprint density at radius 1 is 1.45 bits per heavy atom. The molecule has 1 aromatic carbocycles. The number of hydrogen-bond acceptors (Lipinski definition) is 3. The van der Waals surface area contributed by atoms with Gasteiger partial charge in [0.1, 0.15) is 5.54 Å². The van der Waals surface area contributed by atoms with Gasteiger partial charge in [-0.15, -0.1) is 0 Å². The highest BCUT2D eigenvalue weighted by atomic mass is 19.1. The van der Waals surface area contributed by atoms with Crippen LogP contribution in [0.5, 0.6) is 5.75 Å². The molecule has 1 unspecified atom stereocenters. The second-order valence-corrected chi connectivity index (χ2v) is 5.13. The molecule has 1 atom stereocenters. The number of hydrogen-bond donors (Lipinski definition) is 2. The number of carboxylic acids is 1. The molecule has 1 aromatic rings. The van der Waals surface area contributed by atoms with Crippen molar-refractivity contribution in [2.75, 3.05) is 13.7 Å². The molecule has 0 spiro atoms. The topological polar surface area (TPSA) is 58.6 Å². The van der Waals surface area contributed by atoms with Crippen LogP contribution in [0, 0.1) is 12.7 Å². The van der Waals surface area contributed by atoms with Gasteiger partial charge in [0.05, 0.1) is 6.61 Å². The number of nitrogens with one attached hydrogen (secondary N) is 1. The highest BCUT2D eigenvalue weighted by Crippen LogP contribution is 2.19. The molecule has 5 heteroatoms. The average Bonchev–Trinajstić information content (AvgIpc) is 2.41. The first-order valence-electron chi connectivity index (χ1n) is 6.70. The van der Waals surface area contributed by atoms with E-state index in [2.05, 4.69) is 5.32 Å². The van der Waals surface area contributed by atoms with Crippen LogP contribution in [0.15, 0.2) is 18.2 Å². The summed E-state index contributed by atoms with van der Waals surface area (Å²) in [6.45, 7) is 3.90. The predicted molar refractivity (Wildman–Crippen MR) is 75.6 cm³/mol. The zero-order valence-corrected chi connectivity index (χ0v) is 12.2. The van der Waals surface area contributed by atoms with E-state index in [0.717, 1.165) is 5.56 Å². The van der Waals surface area contributed by atoms with Crippen LogP contribution in [-0.2, 0) is 4.79 Å². The van der Waals surface area contributed by atoms with Crippen LogP contribution >= 0.6 is 0 Å². The van der Waals surface area contributed by atoms with Gasteiger partial charge in [-0.3, -0.25) is 4.79 Å². The van der Waals surface area contributed by atoms with Gasteiger partial charge in [0, 0.05) is 0 Å². The zero-order chi connectivity index (χ0) is 15.2. The number of halogens is 1. The van der Waals surface area contributed by atoms with Crippen LogP contribution in [0.1, 0.15) is 31.7 Å². The fourth-order valence-electron chi connectivity index (χ4n) is 1.82. The third kappa shape index (κ3) is 4.49. The Labute approximate surface area is 119 Å². The van der Waals surface area contributed by atoms with E-state index in [0.29, 0.717) is 25.9 Å². The predicted octanol–water partition coefficient (Wildman–Crippen LogP) is 2.75. The Balaban J connectivity index is 2.35. The lowest BCUT2D eigenvalue weighted by Gasteiger charge is -2.23. The minimum absolute atomic E-state index is 0.250. The third-order valence-corrected chi connectivity index (χ3v) is 3.44. The molecular formula is C15H22FNO3. The lowest BCUT2D eigenvalue weighted by molar-refractivity contribution is -0.144. The van der Waals surface area contributed by atoms with E-state index >= 15 is 0 Å². The largest absolute Gasteiger partial charge is 0.491 e. The zero-order valence-electron chi connectivity index (χ0n) is 12.2. The van der Waals surface area contributed by atoms with Gasteiger partial charge in [-0.05, 0) is 57.9 Å². The Hall–Kier alpha value is -1.62. The van der Waals surface area contributed by atoms with E-state index in [-0.39, 0.29) is 11.6 Å². The number of benzene rings is 1. The summed E-state index contributed by atoms with van der Waals surface area (Å²) in [7, 11) is 1.63. The average molecular weight is 283 g/mol. The molecule has 0 aliphatic heterocycles. The maximum absolute atomic E-state index is 13.4. The Morgan fingerprint density at radius 3 is 2.75 bits per heavy atom. The Morgan fingerprint density at radius 2 is 2.15 bits per heavy atom. The molecule has 0 amide bonds. The smallest absolute Gasteiger partial charge is 0.323 e.